The van der Waals surface area contributed by atoms with E-state index in [-0.39, 0.29) is 23.7 Å². The van der Waals surface area contributed by atoms with Gasteiger partial charge in [0.15, 0.2) is 0 Å². The average molecular weight is 307 g/mol. The molecule has 3 aliphatic rings. The first-order chi connectivity index (χ1) is 10.2. The van der Waals surface area contributed by atoms with Gasteiger partial charge in [0.05, 0.1) is 19.3 Å². The summed E-state index contributed by atoms with van der Waals surface area (Å²) >= 11 is 1.68. The first-order valence-electron chi connectivity index (χ1n) is 7.59. The van der Waals surface area contributed by atoms with Crippen molar-refractivity contribution in [2.75, 3.05) is 33.3 Å². The number of carbonyl (C=O) groups is 1. The summed E-state index contributed by atoms with van der Waals surface area (Å²) in [6.45, 7) is 3.30. The maximum atomic E-state index is 12.7. The van der Waals surface area contributed by atoms with Crippen LogP contribution < -0.4 is 5.32 Å². The van der Waals surface area contributed by atoms with E-state index in [0.717, 1.165) is 32.5 Å². The second kappa shape index (κ2) is 5.05. The van der Waals surface area contributed by atoms with Crippen molar-refractivity contribution in [3.8, 4) is 0 Å². The first-order valence-corrected chi connectivity index (χ1v) is 8.53. The van der Waals surface area contributed by atoms with E-state index in [1.54, 1.807) is 11.3 Å². The molecule has 2 unspecified atom stereocenters. The Morgan fingerprint density at radius 2 is 2.38 bits per heavy atom. The van der Waals surface area contributed by atoms with Gasteiger partial charge in [-0.2, -0.15) is 11.3 Å². The highest BCUT2D eigenvalue weighted by Crippen LogP contribution is 2.46. The molecule has 0 aromatic carbocycles. The van der Waals surface area contributed by atoms with Gasteiger partial charge in [0.25, 0.3) is 0 Å². The third kappa shape index (κ3) is 2.40. The van der Waals surface area contributed by atoms with Gasteiger partial charge in [-0.3, -0.25) is 10.1 Å². The number of nitrogens with one attached hydrogen (secondary N) is 1. The van der Waals surface area contributed by atoms with Crippen LogP contribution in [0.1, 0.15) is 24.6 Å². The van der Waals surface area contributed by atoms with Crippen molar-refractivity contribution in [3.63, 3.8) is 0 Å². The number of carbonyl (C=O) groups excluding carboxylic acids is 1. The summed E-state index contributed by atoms with van der Waals surface area (Å²) in [4.78, 5) is 17.0. The lowest BCUT2D eigenvalue weighted by molar-refractivity contribution is -0.134. The van der Waals surface area contributed by atoms with E-state index in [2.05, 4.69) is 34.1 Å². The van der Waals surface area contributed by atoms with Crippen LogP contribution in [0.4, 0.5) is 0 Å². The molecule has 0 bridgehead atoms. The van der Waals surface area contributed by atoms with E-state index in [1.807, 2.05) is 4.90 Å². The highest BCUT2D eigenvalue weighted by atomic mass is 32.1. The van der Waals surface area contributed by atoms with Crippen LogP contribution in [0.15, 0.2) is 16.8 Å². The molecule has 5 nitrogen and oxygen atoms in total. The fourth-order valence-corrected chi connectivity index (χ4v) is 4.03. The van der Waals surface area contributed by atoms with Gasteiger partial charge in [0.1, 0.15) is 11.7 Å². The molecule has 1 aliphatic carbocycles. The molecule has 114 valence electrons. The summed E-state index contributed by atoms with van der Waals surface area (Å²) in [6.07, 6.45) is 2.06. The number of hydrogen-bond acceptors (Lipinski definition) is 5. The van der Waals surface area contributed by atoms with Gasteiger partial charge in [-0.15, -0.1) is 0 Å². The summed E-state index contributed by atoms with van der Waals surface area (Å²) in [5.41, 5.74) is 0.925. The molecule has 2 atom stereocenters. The molecule has 0 radical (unpaired) electrons. The van der Waals surface area contributed by atoms with Crippen LogP contribution in [-0.4, -0.2) is 60.6 Å². The van der Waals surface area contributed by atoms with Gasteiger partial charge in [0.2, 0.25) is 5.91 Å². The Bertz CT molecular complexity index is 529. The summed E-state index contributed by atoms with van der Waals surface area (Å²) in [5.74, 6) is 0.260. The zero-order chi connectivity index (χ0) is 14.4. The standard InChI is InChI=1S/C15H21N3O2S/c1-17-5-6-20-12(8-17)9-18-13(11-2-7-21-10-11)16-15(3-4-15)14(18)19/h2,7,10,12-13,16H,3-6,8-9H2,1H3. The Labute approximate surface area is 128 Å². The minimum atomic E-state index is -0.271. The quantitative estimate of drug-likeness (QED) is 0.906. The molecule has 3 fully saturated rings. The Balaban J connectivity index is 1.54. The molecule has 3 heterocycles. The molecule has 4 rings (SSSR count). The summed E-state index contributed by atoms with van der Waals surface area (Å²) in [6, 6.07) is 2.11. The Morgan fingerprint density at radius 3 is 3.05 bits per heavy atom. The van der Waals surface area contributed by atoms with Crippen molar-refractivity contribution in [1.29, 1.82) is 0 Å². The lowest BCUT2D eigenvalue weighted by Gasteiger charge is -2.34. The van der Waals surface area contributed by atoms with Crippen LogP contribution in [0.5, 0.6) is 0 Å². The van der Waals surface area contributed by atoms with Crippen molar-refractivity contribution < 1.29 is 9.53 Å². The predicted molar refractivity (Wildman–Crippen MR) is 81.1 cm³/mol. The molecule has 1 aromatic heterocycles. The van der Waals surface area contributed by atoms with Gasteiger partial charge in [-0.05, 0) is 42.3 Å². The topological polar surface area (TPSA) is 44.8 Å². The molecular formula is C15H21N3O2S. The molecule has 1 N–H and O–H groups in total. The number of thiophene rings is 1. The van der Waals surface area contributed by atoms with Gasteiger partial charge >= 0.3 is 0 Å². The van der Waals surface area contributed by atoms with Crippen LogP contribution >= 0.6 is 11.3 Å². The second-order valence-corrected chi connectivity index (χ2v) is 7.18. The number of morpholine rings is 1. The minimum absolute atomic E-state index is 0.0158. The van der Waals surface area contributed by atoms with E-state index < -0.39 is 0 Å². The number of hydrogen-bond donors (Lipinski definition) is 1. The highest BCUT2D eigenvalue weighted by molar-refractivity contribution is 7.07. The van der Waals surface area contributed by atoms with Crippen molar-refractivity contribution in [2.45, 2.75) is 30.7 Å². The van der Waals surface area contributed by atoms with Crippen molar-refractivity contribution in [1.82, 2.24) is 15.1 Å². The lowest BCUT2D eigenvalue weighted by atomic mass is 10.2. The molecule has 1 amide bonds. The normalized spacial score (nSPS) is 32.0. The van der Waals surface area contributed by atoms with Crippen LogP contribution in [-0.2, 0) is 9.53 Å². The van der Waals surface area contributed by atoms with Gasteiger partial charge in [-0.1, -0.05) is 0 Å². The van der Waals surface area contributed by atoms with E-state index in [1.165, 1.54) is 5.56 Å². The third-order valence-corrected chi connectivity index (χ3v) is 5.45. The molecule has 2 saturated heterocycles. The molecule has 1 saturated carbocycles. The number of rotatable bonds is 3. The van der Waals surface area contributed by atoms with E-state index in [4.69, 9.17) is 4.74 Å². The summed E-state index contributed by atoms with van der Waals surface area (Å²) < 4.78 is 5.85. The molecule has 1 spiro atoms. The number of likely N-dealkylation sites (N-methyl/N-ethyl adjacent to an activating group) is 1. The SMILES string of the molecule is CN1CCOC(CN2C(=O)C3(CC3)NC2c2ccsc2)C1. The summed E-state index contributed by atoms with van der Waals surface area (Å²) in [7, 11) is 2.11. The summed E-state index contributed by atoms with van der Waals surface area (Å²) in [5, 5.41) is 7.76. The predicted octanol–water partition coefficient (Wildman–Crippen LogP) is 1.04. The van der Waals surface area contributed by atoms with E-state index in [0.29, 0.717) is 6.54 Å². The number of nitrogens with zero attached hydrogens (tertiary/aromatic N) is 2. The van der Waals surface area contributed by atoms with Gasteiger partial charge < -0.3 is 14.5 Å². The smallest absolute Gasteiger partial charge is 0.244 e. The molecule has 2 aliphatic heterocycles. The zero-order valence-corrected chi connectivity index (χ0v) is 13.1. The van der Waals surface area contributed by atoms with Crippen molar-refractivity contribution >= 4 is 17.2 Å². The fourth-order valence-electron chi connectivity index (χ4n) is 3.36. The minimum Gasteiger partial charge on any atom is -0.374 e. The number of ether oxygens (including phenoxy) is 1. The Hall–Kier alpha value is -0.950. The largest absolute Gasteiger partial charge is 0.374 e. The third-order valence-electron chi connectivity index (χ3n) is 4.75. The zero-order valence-electron chi connectivity index (χ0n) is 12.2. The lowest BCUT2D eigenvalue weighted by Crippen LogP contribution is -2.47. The Morgan fingerprint density at radius 1 is 1.52 bits per heavy atom. The van der Waals surface area contributed by atoms with Crippen molar-refractivity contribution in [3.05, 3.63) is 22.4 Å². The van der Waals surface area contributed by atoms with Crippen LogP contribution in [0.2, 0.25) is 0 Å². The van der Waals surface area contributed by atoms with Gasteiger partial charge in [-0.25, -0.2) is 0 Å². The van der Waals surface area contributed by atoms with E-state index >= 15 is 0 Å². The highest BCUT2D eigenvalue weighted by Gasteiger charge is 2.59. The van der Waals surface area contributed by atoms with Gasteiger partial charge in [0, 0.05) is 13.1 Å². The fraction of sp³-hybridized carbons (Fsp3) is 0.667. The van der Waals surface area contributed by atoms with Crippen LogP contribution in [0, 0.1) is 0 Å². The number of amides is 1. The second-order valence-electron chi connectivity index (χ2n) is 6.40. The molecule has 6 heteroatoms. The average Bonchev–Trinajstić information content (AvgIpc) is 2.95. The van der Waals surface area contributed by atoms with Crippen molar-refractivity contribution in [2.24, 2.45) is 0 Å². The van der Waals surface area contributed by atoms with Crippen LogP contribution in [0.25, 0.3) is 0 Å². The molecule has 1 aromatic rings. The molecule has 21 heavy (non-hydrogen) atoms. The first kappa shape index (κ1) is 13.7. The maximum Gasteiger partial charge on any atom is 0.244 e. The maximum absolute atomic E-state index is 12.7. The van der Waals surface area contributed by atoms with E-state index in [9.17, 15) is 4.79 Å². The Kier molecular flexibility index (Phi) is 3.29. The monoisotopic (exact) mass is 307 g/mol. The molecular weight excluding hydrogens is 286 g/mol. The van der Waals surface area contributed by atoms with Crippen LogP contribution in [0.3, 0.4) is 0 Å².